The Morgan fingerprint density at radius 2 is 2.00 bits per heavy atom. The molecule has 0 radical (unpaired) electrons. The van der Waals surface area contributed by atoms with Crippen molar-refractivity contribution in [1.82, 2.24) is 9.97 Å². The lowest BCUT2D eigenvalue weighted by molar-refractivity contribution is -0.383. The summed E-state index contributed by atoms with van der Waals surface area (Å²) in [6, 6.07) is 7.69. The predicted molar refractivity (Wildman–Crippen MR) is 114 cm³/mol. The van der Waals surface area contributed by atoms with Crippen LogP contribution in [0.3, 0.4) is 0 Å². The molecule has 0 N–H and O–H groups in total. The molecule has 0 unspecified atom stereocenters. The second-order valence-electron chi connectivity index (χ2n) is 7.11. The van der Waals surface area contributed by atoms with Crippen LogP contribution < -0.4 is 9.80 Å². The number of benzene rings is 1. The number of nitrogens with zero attached hydrogens (tertiary/aromatic N) is 5. The fourth-order valence-corrected chi connectivity index (χ4v) is 3.77. The van der Waals surface area contributed by atoms with Crippen LogP contribution in [0.15, 0.2) is 36.7 Å². The number of ether oxygens (including phenoxy) is 2. The first-order valence-electron chi connectivity index (χ1n) is 9.66. The van der Waals surface area contributed by atoms with Gasteiger partial charge < -0.3 is 19.3 Å². The van der Waals surface area contributed by atoms with E-state index in [1.54, 1.807) is 11.9 Å². The highest BCUT2D eigenvalue weighted by Crippen LogP contribution is 2.36. The number of hydrogen-bond acceptors (Lipinski definition) is 8. The van der Waals surface area contributed by atoms with Gasteiger partial charge in [0.2, 0.25) is 11.6 Å². The summed E-state index contributed by atoms with van der Waals surface area (Å²) < 4.78 is 10.9. The van der Waals surface area contributed by atoms with E-state index in [1.807, 2.05) is 29.2 Å². The van der Waals surface area contributed by atoms with E-state index in [0.717, 1.165) is 12.0 Å². The number of hydrogen-bond donors (Lipinski definition) is 0. The van der Waals surface area contributed by atoms with Crippen LogP contribution in [0.2, 0.25) is 5.02 Å². The van der Waals surface area contributed by atoms with E-state index in [2.05, 4.69) is 16.0 Å². The van der Waals surface area contributed by atoms with Gasteiger partial charge in [0.25, 0.3) is 0 Å². The van der Waals surface area contributed by atoms with E-state index in [4.69, 9.17) is 21.1 Å². The Bertz CT molecular complexity index is 947. The average Bonchev–Trinajstić information content (AvgIpc) is 3.27. The van der Waals surface area contributed by atoms with Crippen LogP contribution in [-0.2, 0) is 9.47 Å². The smallest absolute Gasteiger partial charge is 0.349 e. The number of nitro groups is 1. The lowest BCUT2D eigenvalue weighted by Gasteiger charge is -2.28. The van der Waals surface area contributed by atoms with Crippen molar-refractivity contribution in [3.05, 3.63) is 57.4 Å². The Morgan fingerprint density at radius 3 is 2.63 bits per heavy atom. The first kappa shape index (κ1) is 20.5. The summed E-state index contributed by atoms with van der Waals surface area (Å²) >= 11 is 5.97. The third kappa shape index (κ3) is 4.38. The quantitative estimate of drug-likeness (QED) is 0.508. The van der Waals surface area contributed by atoms with Crippen molar-refractivity contribution in [2.24, 2.45) is 0 Å². The largest absolute Gasteiger partial charge is 0.353 e. The first-order valence-corrected chi connectivity index (χ1v) is 10.0. The molecular weight excluding hydrogens is 410 g/mol. The molecule has 3 heterocycles. The molecule has 30 heavy (non-hydrogen) atoms. The number of likely N-dealkylation sites (N-methyl/N-ethyl adjacent to an activating group) is 1. The average molecular weight is 432 g/mol. The van der Waals surface area contributed by atoms with Gasteiger partial charge in [0.05, 0.1) is 24.7 Å². The molecule has 0 saturated carbocycles. The van der Waals surface area contributed by atoms with Gasteiger partial charge in [0, 0.05) is 25.2 Å². The minimum absolute atomic E-state index is 0.110. The SMILES string of the molecule is CN(CC1OCCO1)c1ncnc(N2CC=C(c3ccc(Cl)cc3)CC2)c1[N+](=O)[O-]. The Kier molecular flexibility index (Phi) is 6.12. The van der Waals surface area contributed by atoms with E-state index in [1.165, 1.54) is 11.9 Å². The Hall–Kier alpha value is -2.75. The van der Waals surface area contributed by atoms with Crippen molar-refractivity contribution >= 4 is 34.5 Å². The van der Waals surface area contributed by atoms with Crippen molar-refractivity contribution in [1.29, 1.82) is 0 Å². The van der Waals surface area contributed by atoms with E-state index < -0.39 is 11.2 Å². The van der Waals surface area contributed by atoms with Crippen LogP contribution in [0.4, 0.5) is 17.3 Å². The summed E-state index contributed by atoms with van der Waals surface area (Å²) in [6.07, 6.45) is 3.76. The van der Waals surface area contributed by atoms with Gasteiger partial charge >= 0.3 is 5.69 Å². The Balaban J connectivity index is 1.56. The molecule has 4 rings (SSSR count). The maximum absolute atomic E-state index is 11.9. The normalized spacial score (nSPS) is 17.1. The molecule has 1 aromatic carbocycles. The van der Waals surface area contributed by atoms with Gasteiger partial charge in [-0.15, -0.1) is 0 Å². The second-order valence-corrected chi connectivity index (χ2v) is 7.55. The highest BCUT2D eigenvalue weighted by Gasteiger charge is 2.31. The van der Waals surface area contributed by atoms with Gasteiger partial charge in [-0.2, -0.15) is 0 Å². The molecule has 1 fully saturated rings. The first-order chi connectivity index (χ1) is 14.5. The van der Waals surface area contributed by atoms with Crippen LogP contribution in [0.25, 0.3) is 5.57 Å². The molecule has 2 aliphatic rings. The van der Waals surface area contributed by atoms with Crippen molar-refractivity contribution in [3.8, 4) is 0 Å². The minimum atomic E-state index is -0.423. The molecule has 1 aromatic heterocycles. The summed E-state index contributed by atoms with van der Waals surface area (Å²) in [5.41, 5.74) is 2.18. The van der Waals surface area contributed by atoms with Gasteiger partial charge in [-0.05, 0) is 29.7 Å². The van der Waals surface area contributed by atoms with E-state index >= 15 is 0 Å². The van der Waals surface area contributed by atoms with E-state index in [0.29, 0.717) is 43.7 Å². The van der Waals surface area contributed by atoms with Crippen LogP contribution in [0.5, 0.6) is 0 Å². The molecule has 0 atom stereocenters. The fraction of sp³-hybridized carbons (Fsp3) is 0.400. The number of halogens is 1. The van der Waals surface area contributed by atoms with Crippen molar-refractivity contribution in [2.75, 3.05) is 49.7 Å². The summed E-state index contributed by atoms with van der Waals surface area (Å²) in [6.45, 7) is 2.52. The zero-order valence-corrected chi connectivity index (χ0v) is 17.3. The molecular formula is C20H22ClN5O4. The minimum Gasteiger partial charge on any atom is -0.349 e. The molecule has 2 aliphatic heterocycles. The molecule has 9 nitrogen and oxygen atoms in total. The monoisotopic (exact) mass is 431 g/mol. The molecule has 1 saturated heterocycles. The zero-order chi connectivity index (χ0) is 21.1. The van der Waals surface area contributed by atoms with Crippen LogP contribution in [0, 0.1) is 10.1 Å². The maximum Gasteiger partial charge on any atom is 0.353 e. The van der Waals surface area contributed by atoms with Crippen molar-refractivity contribution in [3.63, 3.8) is 0 Å². The van der Waals surface area contributed by atoms with Gasteiger partial charge in [0.1, 0.15) is 6.33 Å². The van der Waals surface area contributed by atoms with Crippen molar-refractivity contribution in [2.45, 2.75) is 12.7 Å². The number of rotatable bonds is 6. The predicted octanol–water partition coefficient (Wildman–Crippen LogP) is 3.14. The molecule has 0 amide bonds. The molecule has 0 aliphatic carbocycles. The lowest BCUT2D eigenvalue weighted by atomic mass is 9.99. The molecule has 10 heteroatoms. The Morgan fingerprint density at radius 1 is 1.27 bits per heavy atom. The van der Waals surface area contributed by atoms with Crippen LogP contribution in [-0.4, -0.2) is 61.1 Å². The lowest BCUT2D eigenvalue weighted by Crippen LogP contribution is -2.33. The van der Waals surface area contributed by atoms with Crippen LogP contribution in [0.1, 0.15) is 12.0 Å². The molecule has 0 bridgehead atoms. The third-order valence-electron chi connectivity index (χ3n) is 5.17. The molecule has 158 valence electrons. The zero-order valence-electron chi connectivity index (χ0n) is 16.5. The van der Waals surface area contributed by atoms with Gasteiger partial charge in [-0.25, -0.2) is 9.97 Å². The topological polar surface area (TPSA) is 93.9 Å². The number of anilines is 2. The fourth-order valence-electron chi connectivity index (χ4n) is 3.64. The van der Waals surface area contributed by atoms with Crippen LogP contribution >= 0.6 is 11.6 Å². The summed E-state index contributed by atoms with van der Waals surface area (Å²) in [7, 11) is 1.74. The molecule has 0 spiro atoms. The van der Waals surface area contributed by atoms with E-state index in [-0.39, 0.29) is 11.5 Å². The van der Waals surface area contributed by atoms with E-state index in [9.17, 15) is 10.1 Å². The third-order valence-corrected chi connectivity index (χ3v) is 5.42. The molecule has 2 aromatic rings. The van der Waals surface area contributed by atoms with Crippen molar-refractivity contribution < 1.29 is 14.4 Å². The standard InChI is InChI=1S/C20H22ClN5O4/c1-24(12-17-29-10-11-30-17)19-18(26(27)28)20(23-13-22-19)25-8-6-15(7-9-25)14-2-4-16(21)5-3-14/h2-6,13,17H,7-12H2,1H3. The highest BCUT2D eigenvalue weighted by atomic mass is 35.5. The summed E-state index contributed by atoms with van der Waals surface area (Å²) in [5, 5.41) is 12.6. The highest BCUT2D eigenvalue weighted by molar-refractivity contribution is 6.30. The summed E-state index contributed by atoms with van der Waals surface area (Å²) in [4.78, 5) is 23.5. The Labute approximate surface area is 179 Å². The van der Waals surface area contributed by atoms with Gasteiger partial charge in [-0.3, -0.25) is 10.1 Å². The van der Waals surface area contributed by atoms with Gasteiger partial charge in [0.15, 0.2) is 6.29 Å². The van der Waals surface area contributed by atoms with Gasteiger partial charge in [-0.1, -0.05) is 29.8 Å². The maximum atomic E-state index is 11.9. The second kappa shape index (κ2) is 8.95. The number of aromatic nitrogens is 2. The summed E-state index contributed by atoms with van der Waals surface area (Å²) in [5.74, 6) is 0.563.